The highest BCUT2D eigenvalue weighted by atomic mass is 32.2. The van der Waals surface area contributed by atoms with Gasteiger partial charge in [-0.2, -0.15) is 0 Å². The van der Waals surface area contributed by atoms with Crippen LogP contribution in [0.5, 0.6) is 5.75 Å². The Morgan fingerprint density at radius 2 is 1.13 bits per heavy atom. The summed E-state index contributed by atoms with van der Waals surface area (Å²) in [6, 6.07) is 28.6. The molecule has 3 aromatic rings. The highest BCUT2D eigenvalue weighted by Crippen LogP contribution is 2.42. The van der Waals surface area contributed by atoms with Crippen molar-refractivity contribution in [2.75, 3.05) is 19.5 Å². The van der Waals surface area contributed by atoms with E-state index >= 15 is 0 Å². The Hall–Kier alpha value is -2.54. The van der Waals surface area contributed by atoms with E-state index in [2.05, 4.69) is 50.2 Å². The van der Waals surface area contributed by atoms with Crippen molar-refractivity contribution in [1.29, 1.82) is 0 Å². The van der Waals surface area contributed by atoms with Crippen molar-refractivity contribution in [3.05, 3.63) is 102 Å². The zero-order chi connectivity index (χ0) is 32.2. The number of unbranched alkanes of at least 4 members (excludes halogenated alkanes) is 8. The molecule has 244 valence electrons. The fourth-order valence-corrected chi connectivity index (χ4v) is 7.51. The average Bonchev–Trinajstić information content (AvgIpc) is 3.08. The second-order valence-electron chi connectivity index (χ2n) is 11.6. The van der Waals surface area contributed by atoms with Crippen molar-refractivity contribution in [2.24, 2.45) is 0 Å². The first kappa shape index (κ1) is 36.9. The summed E-state index contributed by atoms with van der Waals surface area (Å²) in [6.07, 6.45) is 12.3. The standard InChI is InChI=1S/C39H52O4S2/c1-4-6-8-10-18-24-37(40)44-31-36(45-38(41)25-19-11-9-7-5-2)30-43-39(32-20-14-12-15-21-32,33-22-16-13-17-23-33)34-26-28-35(42-3)29-27-34/h12-17,20-23,26-29,36H,4-11,18-19,24-25,30-31H2,1-3H3/t36-/m0/s1. The van der Waals surface area contributed by atoms with Gasteiger partial charge in [-0.05, 0) is 41.7 Å². The first-order chi connectivity index (χ1) is 22.0. The lowest BCUT2D eigenvalue weighted by atomic mass is 9.80. The maximum Gasteiger partial charge on any atom is 0.189 e. The van der Waals surface area contributed by atoms with Crippen LogP contribution < -0.4 is 4.74 Å². The number of carbonyl (C=O) groups is 2. The Labute approximate surface area is 280 Å². The molecular formula is C39H52O4S2. The summed E-state index contributed by atoms with van der Waals surface area (Å²) in [5.74, 6) is 1.32. The van der Waals surface area contributed by atoms with Crippen LogP contribution in [-0.2, 0) is 19.9 Å². The number of hydrogen-bond donors (Lipinski definition) is 0. The zero-order valence-corrected chi connectivity index (χ0v) is 29.1. The van der Waals surface area contributed by atoms with E-state index in [1.807, 2.05) is 48.5 Å². The Morgan fingerprint density at radius 3 is 1.64 bits per heavy atom. The van der Waals surface area contributed by atoms with Gasteiger partial charge in [0.25, 0.3) is 0 Å². The van der Waals surface area contributed by atoms with Gasteiger partial charge in [-0.15, -0.1) is 0 Å². The molecule has 4 nitrogen and oxygen atoms in total. The molecule has 0 amide bonds. The van der Waals surface area contributed by atoms with Crippen LogP contribution >= 0.6 is 23.5 Å². The highest BCUT2D eigenvalue weighted by Gasteiger charge is 2.38. The molecule has 0 heterocycles. The first-order valence-electron chi connectivity index (χ1n) is 16.8. The van der Waals surface area contributed by atoms with Gasteiger partial charge >= 0.3 is 0 Å². The zero-order valence-electron chi connectivity index (χ0n) is 27.5. The second kappa shape index (κ2) is 21.3. The molecule has 0 aliphatic heterocycles. The minimum atomic E-state index is -0.912. The van der Waals surface area contributed by atoms with Crippen LogP contribution in [-0.4, -0.2) is 35.0 Å². The molecule has 0 spiro atoms. The van der Waals surface area contributed by atoms with Gasteiger partial charge in [-0.3, -0.25) is 9.59 Å². The van der Waals surface area contributed by atoms with Crippen molar-refractivity contribution in [3.63, 3.8) is 0 Å². The molecule has 0 aromatic heterocycles. The lowest BCUT2D eigenvalue weighted by Gasteiger charge is -2.37. The largest absolute Gasteiger partial charge is 0.497 e. The number of benzene rings is 3. The van der Waals surface area contributed by atoms with E-state index in [-0.39, 0.29) is 15.5 Å². The van der Waals surface area contributed by atoms with E-state index < -0.39 is 5.60 Å². The normalized spacial score (nSPS) is 12.2. The van der Waals surface area contributed by atoms with E-state index in [1.165, 1.54) is 62.0 Å². The Morgan fingerprint density at radius 1 is 0.644 bits per heavy atom. The van der Waals surface area contributed by atoms with Crippen LogP contribution in [0.3, 0.4) is 0 Å². The molecule has 0 radical (unpaired) electrons. The van der Waals surface area contributed by atoms with Crippen LogP contribution in [0.2, 0.25) is 0 Å². The molecule has 0 saturated heterocycles. The van der Waals surface area contributed by atoms with Gasteiger partial charge < -0.3 is 9.47 Å². The molecule has 0 N–H and O–H groups in total. The number of hydrogen-bond acceptors (Lipinski definition) is 6. The van der Waals surface area contributed by atoms with Crippen molar-refractivity contribution < 1.29 is 19.1 Å². The van der Waals surface area contributed by atoms with Crippen molar-refractivity contribution in [3.8, 4) is 5.75 Å². The number of thioether (sulfide) groups is 2. The molecule has 1 atom stereocenters. The number of methoxy groups -OCH3 is 1. The van der Waals surface area contributed by atoms with E-state index in [0.29, 0.717) is 25.2 Å². The molecule has 0 fully saturated rings. The van der Waals surface area contributed by atoms with Gasteiger partial charge in [0, 0.05) is 23.8 Å². The fourth-order valence-electron chi connectivity index (χ4n) is 5.50. The SMILES string of the molecule is CCCCCCCC(=O)SC[C@H](COC(c1ccccc1)(c1ccccc1)c1ccc(OC)cc1)SC(=O)CCCCCCC. The van der Waals surface area contributed by atoms with Crippen molar-refractivity contribution in [1.82, 2.24) is 0 Å². The first-order valence-corrected chi connectivity index (χ1v) is 18.6. The summed E-state index contributed by atoms with van der Waals surface area (Å²) >= 11 is 2.72. The Kier molecular flexibility index (Phi) is 17.5. The third-order valence-corrected chi connectivity index (χ3v) is 10.4. The summed E-state index contributed by atoms with van der Waals surface area (Å²) in [6.45, 7) is 4.72. The van der Waals surface area contributed by atoms with Crippen LogP contribution in [0.1, 0.15) is 108 Å². The molecule has 0 saturated carbocycles. The number of ether oxygens (including phenoxy) is 2. The van der Waals surface area contributed by atoms with E-state index in [4.69, 9.17) is 9.47 Å². The highest BCUT2D eigenvalue weighted by molar-refractivity contribution is 8.17. The summed E-state index contributed by atoms with van der Waals surface area (Å²) in [5.41, 5.74) is 2.07. The van der Waals surface area contributed by atoms with Crippen LogP contribution in [0.25, 0.3) is 0 Å². The van der Waals surface area contributed by atoms with Crippen molar-refractivity contribution >= 4 is 33.8 Å². The minimum absolute atomic E-state index is 0.160. The maximum absolute atomic E-state index is 13.2. The molecule has 0 aliphatic carbocycles. The minimum Gasteiger partial charge on any atom is -0.497 e. The molecule has 0 bridgehead atoms. The predicted octanol–water partition coefficient (Wildman–Crippen LogP) is 10.6. The summed E-state index contributed by atoms with van der Waals surface area (Å²) < 4.78 is 12.6. The number of rotatable bonds is 22. The molecule has 0 unspecified atom stereocenters. The van der Waals surface area contributed by atoms with Crippen LogP contribution in [0, 0.1) is 0 Å². The third kappa shape index (κ3) is 12.3. The topological polar surface area (TPSA) is 52.6 Å². The fraction of sp³-hybridized carbons (Fsp3) is 0.487. The van der Waals surface area contributed by atoms with Gasteiger partial charge in [-0.1, -0.05) is 162 Å². The third-order valence-electron chi connectivity index (χ3n) is 8.04. The van der Waals surface area contributed by atoms with Gasteiger partial charge in [0.05, 0.1) is 13.7 Å². The summed E-state index contributed by atoms with van der Waals surface area (Å²) in [7, 11) is 1.67. The summed E-state index contributed by atoms with van der Waals surface area (Å²) in [5, 5.41) is 0.228. The quantitative estimate of drug-likeness (QED) is 0.0798. The lowest BCUT2D eigenvalue weighted by molar-refractivity contribution is -0.112. The van der Waals surface area contributed by atoms with E-state index in [9.17, 15) is 9.59 Å². The average molecular weight is 649 g/mol. The Balaban J connectivity index is 1.86. The molecule has 0 aliphatic rings. The van der Waals surface area contributed by atoms with Crippen LogP contribution in [0.4, 0.5) is 0 Å². The van der Waals surface area contributed by atoms with Gasteiger partial charge in [0.2, 0.25) is 0 Å². The lowest BCUT2D eigenvalue weighted by Crippen LogP contribution is -2.36. The maximum atomic E-state index is 13.2. The molecular weight excluding hydrogens is 597 g/mol. The van der Waals surface area contributed by atoms with Crippen molar-refractivity contribution in [2.45, 2.75) is 102 Å². The van der Waals surface area contributed by atoms with Gasteiger partial charge in [0.15, 0.2) is 10.2 Å². The summed E-state index contributed by atoms with van der Waals surface area (Å²) in [4.78, 5) is 26.1. The predicted molar refractivity (Wildman–Crippen MR) is 192 cm³/mol. The Bertz CT molecular complexity index is 1190. The molecule has 45 heavy (non-hydrogen) atoms. The van der Waals surface area contributed by atoms with Gasteiger partial charge in [0.1, 0.15) is 11.4 Å². The van der Waals surface area contributed by atoms with E-state index in [0.717, 1.165) is 48.1 Å². The molecule has 6 heteroatoms. The molecule has 3 rings (SSSR count). The second-order valence-corrected chi connectivity index (χ2v) is 14.0. The number of carbonyl (C=O) groups excluding carboxylic acids is 2. The monoisotopic (exact) mass is 648 g/mol. The van der Waals surface area contributed by atoms with Crippen LogP contribution in [0.15, 0.2) is 84.9 Å². The smallest absolute Gasteiger partial charge is 0.189 e. The van der Waals surface area contributed by atoms with Gasteiger partial charge in [-0.25, -0.2) is 0 Å². The van der Waals surface area contributed by atoms with E-state index in [1.54, 1.807) is 7.11 Å². The molecule has 3 aromatic carbocycles.